The molecule has 0 spiro atoms. The average molecular weight is 598 g/mol. The van der Waals surface area contributed by atoms with Crippen LogP contribution in [-0.2, 0) is 6.61 Å². The highest BCUT2D eigenvalue weighted by Crippen LogP contribution is 2.39. The van der Waals surface area contributed by atoms with Crippen molar-refractivity contribution < 1.29 is 14.6 Å². The van der Waals surface area contributed by atoms with E-state index < -0.39 is 10.2 Å². The summed E-state index contributed by atoms with van der Waals surface area (Å²) in [6.07, 6.45) is 0. The molecule has 3 aromatic carbocycles. The minimum absolute atomic E-state index is 0.0113. The van der Waals surface area contributed by atoms with Gasteiger partial charge in [-0.25, -0.2) is 0 Å². The molecule has 0 aliphatic carbocycles. The van der Waals surface area contributed by atoms with Gasteiger partial charge in [-0.3, -0.25) is 24.8 Å². The normalized spacial score (nSPS) is 11.8. The molecule has 0 saturated heterocycles. The van der Waals surface area contributed by atoms with E-state index in [1.165, 1.54) is 29.5 Å². The van der Waals surface area contributed by atoms with Gasteiger partial charge >= 0.3 is 0 Å². The predicted molar refractivity (Wildman–Crippen MR) is 148 cm³/mol. The fraction of sp³-hybridized carbons (Fsp3) is 0.231. The number of nitrogens with zero attached hydrogens (tertiary/aromatic N) is 5. The number of benzene rings is 3. The average Bonchev–Trinajstić information content (AvgIpc) is 3.24. The Bertz CT molecular complexity index is 1490. The van der Waals surface area contributed by atoms with Crippen molar-refractivity contribution in [2.24, 2.45) is 0 Å². The first-order valence-electron chi connectivity index (χ1n) is 11.6. The first-order valence-corrected chi connectivity index (χ1v) is 13.2. The van der Waals surface area contributed by atoms with Gasteiger partial charge < -0.3 is 4.74 Å². The zero-order valence-electron chi connectivity index (χ0n) is 20.8. The lowest BCUT2D eigenvalue weighted by atomic mass is 10.1. The Morgan fingerprint density at radius 1 is 0.974 bits per heavy atom. The molecule has 0 radical (unpaired) electrons. The van der Waals surface area contributed by atoms with Gasteiger partial charge in [0.1, 0.15) is 23.4 Å². The van der Waals surface area contributed by atoms with E-state index >= 15 is 0 Å². The number of halogens is 1. The van der Waals surface area contributed by atoms with Crippen molar-refractivity contribution in [1.29, 1.82) is 0 Å². The topological polar surface area (TPSA) is 126 Å². The van der Waals surface area contributed by atoms with E-state index in [9.17, 15) is 20.2 Å². The quantitative estimate of drug-likeness (QED) is 0.114. The van der Waals surface area contributed by atoms with Crippen LogP contribution in [-0.4, -0.2) is 31.2 Å². The molecule has 1 heterocycles. The van der Waals surface area contributed by atoms with Gasteiger partial charge in [-0.15, -0.1) is 10.2 Å². The zero-order valence-corrected chi connectivity index (χ0v) is 23.2. The molecule has 0 saturated carbocycles. The number of nitro benzene ring substituents is 1. The molecule has 4 rings (SSSR count). The van der Waals surface area contributed by atoms with Gasteiger partial charge in [0.15, 0.2) is 5.16 Å². The molecular formula is C26H24BrN5O5S. The van der Waals surface area contributed by atoms with E-state index in [0.717, 1.165) is 22.4 Å². The van der Waals surface area contributed by atoms with Crippen LogP contribution in [0.4, 0.5) is 5.69 Å². The van der Waals surface area contributed by atoms with Crippen molar-refractivity contribution in [3.63, 3.8) is 0 Å². The Morgan fingerprint density at radius 2 is 1.71 bits per heavy atom. The number of hydrogen-bond acceptors (Lipinski definition) is 8. The molecule has 0 fully saturated rings. The van der Waals surface area contributed by atoms with Crippen LogP contribution >= 0.6 is 27.7 Å². The van der Waals surface area contributed by atoms with Crippen molar-refractivity contribution in [1.82, 2.24) is 14.8 Å². The minimum Gasteiger partial charge on any atom is -0.488 e. The molecular weight excluding hydrogens is 574 g/mol. The number of non-ortho nitro benzene ring substituents is 1. The van der Waals surface area contributed by atoms with Crippen LogP contribution in [0.3, 0.4) is 0 Å². The monoisotopic (exact) mass is 597 g/mol. The molecule has 0 amide bonds. The van der Waals surface area contributed by atoms with Gasteiger partial charge in [-0.05, 0) is 95.4 Å². The van der Waals surface area contributed by atoms with E-state index in [4.69, 9.17) is 4.74 Å². The summed E-state index contributed by atoms with van der Waals surface area (Å²) in [6, 6.07) is 17.5. The van der Waals surface area contributed by atoms with Gasteiger partial charge in [0.05, 0.1) is 9.40 Å². The number of nitro groups is 2. The van der Waals surface area contributed by atoms with Crippen LogP contribution in [0.2, 0.25) is 0 Å². The Balaban J connectivity index is 1.55. The van der Waals surface area contributed by atoms with Crippen LogP contribution in [0.1, 0.15) is 33.3 Å². The molecule has 12 heteroatoms. The lowest BCUT2D eigenvalue weighted by Crippen LogP contribution is -2.11. The number of rotatable bonds is 10. The second kappa shape index (κ2) is 11.7. The Hall–Kier alpha value is -3.77. The van der Waals surface area contributed by atoms with E-state index in [2.05, 4.69) is 26.1 Å². The van der Waals surface area contributed by atoms with Gasteiger partial charge in [-0.1, -0.05) is 23.9 Å². The van der Waals surface area contributed by atoms with Crippen LogP contribution in [0.5, 0.6) is 5.75 Å². The molecule has 0 aliphatic rings. The van der Waals surface area contributed by atoms with Crippen molar-refractivity contribution in [2.75, 3.05) is 6.54 Å². The van der Waals surface area contributed by atoms with Gasteiger partial charge in [0, 0.05) is 22.7 Å². The lowest BCUT2D eigenvalue weighted by Gasteiger charge is -2.16. The Kier molecular flexibility index (Phi) is 8.42. The molecule has 1 aromatic heterocycles. The summed E-state index contributed by atoms with van der Waals surface area (Å²) in [7, 11) is 0. The van der Waals surface area contributed by atoms with Gasteiger partial charge in [0.25, 0.3) is 5.69 Å². The standard InChI is InChI=1S/C26H24BrN5O5S/c1-16-4-8-22(12-17(16)2)31-18(3)28-29-26(31)38-25(14-30(33)34)20-7-11-24(23(27)13-20)37-15-19-5-9-21(10-6-19)32(35)36/h4-13,25H,14-15H2,1-3H3/t25-/m1/s1. The Morgan fingerprint density at radius 3 is 2.34 bits per heavy atom. The van der Waals surface area contributed by atoms with E-state index in [0.29, 0.717) is 21.2 Å². The summed E-state index contributed by atoms with van der Waals surface area (Å²) in [5, 5.41) is 31.0. The third-order valence-corrected chi connectivity index (χ3v) is 7.78. The lowest BCUT2D eigenvalue weighted by molar-refractivity contribution is -0.479. The summed E-state index contributed by atoms with van der Waals surface area (Å²) in [4.78, 5) is 21.6. The summed E-state index contributed by atoms with van der Waals surface area (Å²) in [6.45, 7) is 5.82. The molecule has 196 valence electrons. The molecule has 0 bridgehead atoms. The molecule has 38 heavy (non-hydrogen) atoms. The third kappa shape index (κ3) is 6.37. The highest BCUT2D eigenvalue weighted by molar-refractivity contribution is 9.10. The van der Waals surface area contributed by atoms with E-state index in [1.54, 1.807) is 30.3 Å². The van der Waals surface area contributed by atoms with E-state index in [-0.39, 0.29) is 23.8 Å². The molecule has 0 unspecified atom stereocenters. The van der Waals surface area contributed by atoms with Gasteiger partial charge in [-0.2, -0.15) is 0 Å². The Labute approximate surface area is 231 Å². The summed E-state index contributed by atoms with van der Waals surface area (Å²) in [5.74, 6) is 1.23. The van der Waals surface area contributed by atoms with Crippen molar-refractivity contribution in [2.45, 2.75) is 37.8 Å². The SMILES string of the molecule is Cc1ccc(-n2c(C)nnc2S[C@H](C[N+](=O)[O-])c2ccc(OCc3ccc([N+](=O)[O-])cc3)c(Br)c2)cc1C. The first kappa shape index (κ1) is 27.3. The molecule has 10 nitrogen and oxygen atoms in total. The summed E-state index contributed by atoms with van der Waals surface area (Å²) in [5.41, 5.74) is 4.71. The number of hydrogen-bond donors (Lipinski definition) is 0. The van der Waals surface area contributed by atoms with Crippen molar-refractivity contribution in [3.8, 4) is 11.4 Å². The fourth-order valence-electron chi connectivity index (χ4n) is 3.76. The van der Waals surface area contributed by atoms with Crippen LogP contribution in [0.25, 0.3) is 5.69 Å². The highest BCUT2D eigenvalue weighted by atomic mass is 79.9. The summed E-state index contributed by atoms with van der Waals surface area (Å²) >= 11 is 4.80. The first-order chi connectivity index (χ1) is 18.1. The van der Waals surface area contributed by atoms with Crippen molar-refractivity contribution >= 4 is 33.4 Å². The second-order valence-electron chi connectivity index (χ2n) is 8.66. The van der Waals surface area contributed by atoms with Crippen molar-refractivity contribution in [3.05, 3.63) is 113 Å². The largest absolute Gasteiger partial charge is 0.488 e. The van der Waals surface area contributed by atoms with Crippen LogP contribution < -0.4 is 4.74 Å². The zero-order chi connectivity index (χ0) is 27.4. The molecule has 0 aliphatic heterocycles. The minimum atomic E-state index is -0.529. The maximum Gasteiger partial charge on any atom is 0.269 e. The van der Waals surface area contributed by atoms with Crippen LogP contribution in [0.15, 0.2) is 70.3 Å². The fourth-order valence-corrected chi connectivity index (χ4v) is 5.44. The predicted octanol–water partition coefficient (Wildman–Crippen LogP) is 6.55. The third-order valence-electron chi connectivity index (χ3n) is 5.98. The second-order valence-corrected chi connectivity index (χ2v) is 10.7. The van der Waals surface area contributed by atoms with E-state index in [1.807, 2.05) is 43.5 Å². The highest BCUT2D eigenvalue weighted by Gasteiger charge is 2.25. The number of aryl methyl sites for hydroxylation is 3. The smallest absolute Gasteiger partial charge is 0.269 e. The summed E-state index contributed by atoms with van der Waals surface area (Å²) < 4.78 is 8.41. The van der Waals surface area contributed by atoms with Gasteiger partial charge in [0.2, 0.25) is 6.54 Å². The molecule has 4 aromatic rings. The maximum atomic E-state index is 11.6. The number of thioether (sulfide) groups is 1. The molecule has 1 atom stereocenters. The number of aromatic nitrogens is 3. The molecule has 0 N–H and O–H groups in total. The number of ether oxygens (including phenoxy) is 1. The maximum absolute atomic E-state index is 11.6. The van der Waals surface area contributed by atoms with Crippen LogP contribution in [0, 0.1) is 41.0 Å².